The Morgan fingerprint density at radius 1 is 1.23 bits per heavy atom. The Morgan fingerprint density at radius 2 is 1.91 bits per heavy atom. The van der Waals surface area contributed by atoms with Crippen molar-refractivity contribution in [1.29, 1.82) is 0 Å². The van der Waals surface area contributed by atoms with Crippen LogP contribution in [0.2, 0.25) is 0 Å². The maximum Gasteiger partial charge on any atom is 0.338 e. The standard InChI is InChI=1S/C16H22N2O4/c1-2-3-10-22-15(19)13-4-6-14(7-5-13)17-16(20)18-8-11-21-12-9-18/h4-7H,2-3,8-12H2,1H3,(H,17,20). The average molecular weight is 306 g/mol. The lowest BCUT2D eigenvalue weighted by Crippen LogP contribution is -2.43. The van der Waals surface area contributed by atoms with Crippen LogP contribution in [0.4, 0.5) is 10.5 Å². The molecule has 1 N–H and O–H groups in total. The first-order chi connectivity index (χ1) is 10.7. The number of amides is 2. The van der Waals surface area contributed by atoms with E-state index >= 15 is 0 Å². The highest BCUT2D eigenvalue weighted by Crippen LogP contribution is 2.12. The van der Waals surface area contributed by atoms with Crippen LogP contribution in [0.25, 0.3) is 0 Å². The van der Waals surface area contributed by atoms with Crippen molar-refractivity contribution < 1.29 is 19.1 Å². The number of esters is 1. The molecule has 1 saturated heterocycles. The van der Waals surface area contributed by atoms with E-state index in [-0.39, 0.29) is 12.0 Å². The van der Waals surface area contributed by atoms with Crippen LogP contribution in [0, 0.1) is 0 Å². The van der Waals surface area contributed by atoms with Crippen LogP contribution < -0.4 is 5.32 Å². The Balaban J connectivity index is 1.85. The van der Waals surface area contributed by atoms with E-state index in [1.807, 2.05) is 6.92 Å². The molecule has 0 radical (unpaired) electrons. The van der Waals surface area contributed by atoms with Crippen LogP contribution in [0.3, 0.4) is 0 Å². The summed E-state index contributed by atoms with van der Waals surface area (Å²) in [5.74, 6) is -0.334. The summed E-state index contributed by atoms with van der Waals surface area (Å²) in [5.41, 5.74) is 1.14. The fraction of sp³-hybridized carbons (Fsp3) is 0.500. The Bertz CT molecular complexity index is 495. The van der Waals surface area contributed by atoms with Gasteiger partial charge in [-0.2, -0.15) is 0 Å². The largest absolute Gasteiger partial charge is 0.462 e. The zero-order valence-corrected chi connectivity index (χ0v) is 12.8. The van der Waals surface area contributed by atoms with Gasteiger partial charge in [0.25, 0.3) is 0 Å². The van der Waals surface area contributed by atoms with Gasteiger partial charge in [0.2, 0.25) is 0 Å². The molecule has 6 heteroatoms. The molecule has 0 bridgehead atoms. The number of nitrogens with zero attached hydrogens (tertiary/aromatic N) is 1. The van der Waals surface area contributed by atoms with Gasteiger partial charge in [-0.15, -0.1) is 0 Å². The summed E-state index contributed by atoms with van der Waals surface area (Å²) in [7, 11) is 0. The molecule has 120 valence electrons. The molecular formula is C16H22N2O4. The van der Waals surface area contributed by atoms with Gasteiger partial charge in [-0.3, -0.25) is 0 Å². The van der Waals surface area contributed by atoms with Crippen LogP contribution in [-0.2, 0) is 9.47 Å². The number of morpholine rings is 1. The zero-order valence-electron chi connectivity index (χ0n) is 12.8. The fourth-order valence-electron chi connectivity index (χ4n) is 2.05. The first-order valence-corrected chi connectivity index (χ1v) is 7.61. The van der Waals surface area contributed by atoms with Gasteiger partial charge < -0.3 is 19.7 Å². The van der Waals surface area contributed by atoms with Crippen molar-refractivity contribution in [2.75, 3.05) is 38.2 Å². The molecule has 1 fully saturated rings. The van der Waals surface area contributed by atoms with Crippen LogP contribution in [0.1, 0.15) is 30.1 Å². The lowest BCUT2D eigenvalue weighted by molar-refractivity contribution is 0.0500. The Hall–Kier alpha value is -2.08. The number of hydrogen-bond acceptors (Lipinski definition) is 4. The van der Waals surface area contributed by atoms with Gasteiger partial charge in [0.1, 0.15) is 0 Å². The van der Waals surface area contributed by atoms with E-state index in [2.05, 4.69) is 5.32 Å². The summed E-state index contributed by atoms with van der Waals surface area (Å²) in [6.07, 6.45) is 1.85. The molecule has 6 nitrogen and oxygen atoms in total. The van der Waals surface area contributed by atoms with Crippen molar-refractivity contribution in [3.8, 4) is 0 Å². The average Bonchev–Trinajstić information content (AvgIpc) is 2.56. The molecule has 1 aliphatic rings. The lowest BCUT2D eigenvalue weighted by atomic mass is 10.2. The molecule has 0 spiro atoms. The second-order valence-electron chi connectivity index (χ2n) is 5.10. The van der Waals surface area contributed by atoms with Crippen molar-refractivity contribution in [3.05, 3.63) is 29.8 Å². The van der Waals surface area contributed by atoms with Crippen molar-refractivity contribution >= 4 is 17.7 Å². The number of anilines is 1. The minimum Gasteiger partial charge on any atom is -0.462 e. The molecule has 0 saturated carbocycles. The van der Waals surface area contributed by atoms with Gasteiger partial charge in [0.15, 0.2) is 0 Å². The molecule has 0 aliphatic carbocycles. The van der Waals surface area contributed by atoms with E-state index in [9.17, 15) is 9.59 Å². The molecular weight excluding hydrogens is 284 g/mol. The number of urea groups is 1. The fourth-order valence-corrected chi connectivity index (χ4v) is 2.05. The third kappa shape index (κ3) is 4.73. The summed E-state index contributed by atoms with van der Waals surface area (Å²) in [6.45, 7) is 4.79. The van der Waals surface area contributed by atoms with Gasteiger partial charge in [-0.25, -0.2) is 9.59 Å². The van der Waals surface area contributed by atoms with Gasteiger partial charge >= 0.3 is 12.0 Å². The van der Waals surface area contributed by atoms with Crippen LogP contribution in [0.15, 0.2) is 24.3 Å². The van der Waals surface area contributed by atoms with Crippen LogP contribution in [0.5, 0.6) is 0 Å². The number of carbonyl (C=O) groups excluding carboxylic acids is 2. The SMILES string of the molecule is CCCCOC(=O)c1ccc(NC(=O)N2CCOCC2)cc1. The smallest absolute Gasteiger partial charge is 0.338 e. The van der Waals surface area contributed by atoms with Gasteiger partial charge in [-0.1, -0.05) is 13.3 Å². The monoisotopic (exact) mass is 306 g/mol. The maximum atomic E-state index is 12.0. The molecule has 1 aromatic carbocycles. The topological polar surface area (TPSA) is 67.9 Å². The number of carbonyl (C=O) groups is 2. The van der Waals surface area contributed by atoms with Gasteiger partial charge in [-0.05, 0) is 30.7 Å². The summed E-state index contributed by atoms with van der Waals surface area (Å²) >= 11 is 0. The molecule has 0 atom stereocenters. The highest BCUT2D eigenvalue weighted by molar-refractivity contribution is 5.92. The minimum absolute atomic E-state index is 0.151. The van der Waals surface area contributed by atoms with Gasteiger partial charge in [0.05, 0.1) is 25.4 Å². The summed E-state index contributed by atoms with van der Waals surface area (Å²) in [6, 6.07) is 6.57. The third-order valence-electron chi connectivity index (χ3n) is 3.40. The van der Waals surface area contributed by atoms with Crippen molar-refractivity contribution in [2.45, 2.75) is 19.8 Å². The number of unbranched alkanes of at least 4 members (excludes halogenated alkanes) is 1. The highest BCUT2D eigenvalue weighted by Gasteiger charge is 2.16. The number of ether oxygens (including phenoxy) is 2. The number of rotatable bonds is 5. The van der Waals surface area contributed by atoms with E-state index in [4.69, 9.17) is 9.47 Å². The van der Waals surface area contributed by atoms with Gasteiger partial charge in [0, 0.05) is 18.8 Å². The third-order valence-corrected chi connectivity index (χ3v) is 3.40. The first kappa shape index (κ1) is 16.3. The number of hydrogen-bond donors (Lipinski definition) is 1. The quantitative estimate of drug-likeness (QED) is 0.670. The Morgan fingerprint density at radius 3 is 2.55 bits per heavy atom. The maximum absolute atomic E-state index is 12.0. The van der Waals surface area contributed by atoms with Crippen LogP contribution in [-0.4, -0.2) is 49.8 Å². The van der Waals surface area contributed by atoms with Crippen molar-refractivity contribution in [1.82, 2.24) is 4.90 Å². The van der Waals surface area contributed by atoms with Crippen molar-refractivity contribution in [2.24, 2.45) is 0 Å². The van der Waals surface area contributed by atoms with E-state index in [0.717, 1.165) is 12.8 Å². The molecule has 1 heterocycles. The summed E-state index contributed by atoms with van der Waals surface area (Å²) < 4.78 is 10.3. The highest BCUT2D eigenvalue weighted by atomic mass is 16.5. The molecule has 1 aliphatic heterocycles. The van der Waals surface area contributed by atoms with Crippen molar-refractivity contribution in [3.63, 3.8) is 0 Å². The van der Waals surface area contributed by atoms with Crippen LogP contribution >= 0.6 is 0 Å². The molecule has 2 amide bonds. The zero-order chi connectivity index (χ0) is 15.8. The van der Waals surface area contributed by atoms with E-state index in [1.54, 1.807) is 29.2 Å². The molecule has 2 rings (SSSR count). The number of benzene rings is 1. The van der Waals surface area contributed by atoms with E-state index < -0.39 is 0 Å². The second kappa shape index (κ2) is 8.38. The normalized spacial score (nSPS) is 14.5. The second-order valence-corrected chi connectivity index (χ2v) is 5.10. The van der Waals surface area contributed by atoms with E-state index in [0.29, 0.717) is 44.2 Å². The molecule has 0 aromatic heterocycles. The summed E-state index contributed by atoms with van der Waals surface area (Å²) in [4.78, 5) is 25.5. The molecule has 22 heavy (non-hydrogen) atoms. The predicted molar refractivity (Wildman–Crippen MR) is 83.0 cm³/mol. The Kier molecular flexibility index (Phi) is 6.21. The minimum atomic E-state index is -0.334. The summed E-state index contributed by atoms with van der Waals surface area (Å²) in [5, 5.41) is 2.81. The molecule has 0 unspecified atom stereocenters. The lowest BCUT2D eigenvalue weighted by Gasteiger charge is -2.26. The number of nitrogens with one attached hydrogen (secondary N) is 1. The predicted octanol–water partition coefficient (Wildman–Crippen LogP) is 2.51. The first-order valence-electron chi connectivity index (χ1n) is 7.61. The van der Waals surface area contributed by atoms with E-state index in [1.165, 1.54) is 0 Å². The Labute approximate surface area is 130 Å². The molecule has 1 aromatic rings.